The largest absolute Gasteiger partial charge is 0.290 e. The minimum Gasteiger partial charge on any atom is -0.290 e. The molecule has 3 aromatic rings. The van der Waals surface area contributed by atoms with Crippen LogP contribution in [0.5, 0.6) is 0 Å². The maximum atomic E-state index is 13.2. The van der Waals surface area contributed by atoms with Gasteiger partial charge in [0.15, 0.2) is 11.1 Å². The van der Waals surface area contributed by atoms with Crippen LogP contribution in [0, 0.1) is 20.8 Å². The van der Waals surface area contributed by atoms with Crippen LogP contribution in [0.25, 0.3) is 0 Å². The lowest BCUT2D eigenvalue weighted by Crippen LogP contribution is -2.35. The van der Waals surface area contributed by atoms with Crippen molar-refractivity contribution in [2.24, 2.45) is 0 Å². The lowest BCUT2D eigenvalue weighted by molar-refractivity contribution is -0.114. The Kier molecular flexibility index (Phi) is 5.37. The molecule has 0 bridgehead atoms. The van der Waals surface area contributed by atoms with E-state index in [1.807, 2.05) is 0 Å². The van der Waals surface area contributed by atoms with E-state index in [1.165, 1.54) is 12.2 Å². The zero-order valence-corrected chi connectivity index (χ0v) is 18.3. The molecule has 0 N–H and O–H groups in total. The Morgan fingerprint density at radius 2 is 0.900 bits per heavy atom. The molecule has 0 saturated heterocycles. The zero-order chi connectivity index (χ0) is 21.3. The van der Waals surface area contributed by atoms with Crippen molar-refractivity contribution in [2.45, 2.75) is 20.8 Å². The molecule has 148 valence electrons. The van der Waals surface area contributed by atoms with Crippen molar-refractivity contribution in [3.05, 3.63) is 113 Å². The second-order valence-electron chi connectivity index (χ2n) is 7.81. The highest BCUT2D eigenvalue weighted by Crippen LogP contribution is 2.63. The average molecular weight is 411 g/mol. The summed E-state index contributed by atoms with van der Waals surface area (Å²) in [6.07, 6.45) is 4.33. The fourth-order valence-corrected chi connectivity index (χ4v) is 8.17. The average Bonchev–Trinajstić information content (AvgIpc) is 2.74. The molecular weight excluding hydrogens is 387 g/mol. The third-order valence-corrected chi connectivity index (χ3v) is 9.85. The smallest absolute Gasteiger partial charge is 0.222 e. The van der Waals surface area contributed by atoms with E-state index >= 15 is 0 Å². The van der Waals surface area contributed by atoms with Crippen LogP contribution < -0.4 is 15.9 Å². The number of allylic oxidation sites excluding steroid dienone is 4. The number of ketones is 2. The summed E-state index contributed by atoms with van der Waals surface area (Å²) in [4.78, 5) is 25.7. The topological polar surface area (TPSA) is 34.1 Å². The molecule has 0 spiro atoms. The summed E-state index contributed by atoms with van der Waals surface area (Å²) in [6.45, 7) is 6.16. The summed E-state index contributed by atoms with van der Waals surface area (Å²) < 4.78 is 0. The van der Waals surface area contributed by atoms with Crippen LogP contribution in [0.2, 0.25) is 0 Å². The van der Waals surface area contributed by atoms with Crippen LogP contribution in [0.1, 0.15) is 16.7 Å². The van der Waals surface area contributed by atoms with Crippen LogP contribution in [-0.4, -0.2) is 11.6 Å². The lowest BCUT2D eigenvalue weighted by atomic mass is 10.2. The molecule has 0 heterocycles. The van der Waals surface area contributed by atoms with Crippen molar-refractivity contribution in [2.75, 3.05) is 0 Å². The van der Waals surface area contributed by atoms with E-state index in [0.717, 1.165) is 32.6 Å². The van der Waals surface area contributed by atoms with Crippen LogP contribution in [0.4, 0.5) is 0 Å². The van der Waals surface area contributed by atoms with Gasteiger partial charge in [0.25, 0.3) is 0 Å². The normalized spacial score (nSPS) is 14.0. The molecular formula is C27H24O2P+. The van der Waals surface area contributed by atoms with E-state index in [-0.39, 0.29) is 11.6 Å². The quantitative estimate of drug-likeness (QED) is 0.468. The molecule has 1 aliphatic rings. The van der Waals surface area contributed by atoms with Gasteiger partial charge in [-0.05, 0) is 69.3 Å². The van der Waals surface area contributed by atoms with Crippen molar-refractivity contribution in [3.63, 3.8) is 0 Å². The molecule has 3 heteroatoms. The summed E-state index contributed by atoms with van der Waals surface area (Å²) in [5.41, 5.74) is 3.47. The number of hydrogen-bond donors (Lipinski definition) is 0. The molecule has 0 radical (unpaired) electrons. The van der Waals surface area contributed by atoms with E-state index in [0.29, 0.717) is 5.31 Å². The van der Waals surface area contributed by atoms with Gasteiger partial charge < -0.3 is 0 Å². The van der Waals surface area contributed by atoms with E-state index in [9.17, 15) is 9.59 Å². The van der Waals surface area contributed by atoms with Gasteiger partial charge in [0.1, 0.15) is 23.2 Å². The fraction of sp³-hybridized carbons (Fsp3) is 0.111. The molecule has 0 aliphatic heterocycles. The number of rotatable bonds is 4. The van der Waals surface area contributed by atoms with Gasteiger partial charge in [0, 0.05) is 6.08 Å². The maximum absolute atomic E-state index is 13.2. The monoisotopic (exact) mass is 411 g/mol. The van der Waals surface area contributed by atoms with Gasteiger partial charge in [-0.15, -0.1) is 0 Å². The third kappa shape index (κ3) is 3.49. The second-order valence-corrected chi connectivity index (χ2v) is 11.2. The first-order valence-electron chi connectivity index (χ1n) is 10.0. The van der Waals surface area contributed by atoms with E-state index in [2.05, 4.69) is 93.6 Å². The van der Waals surface area contributed by atoms with Crippen molar-refractivity contribution >= 4 is 34.7 Å². The van der Waals surface area contributed by atoms with Gasteiger partial charge in [0.05, 0.1) is 0 Å². The highest BCUT2D eigenvalue weighted by Gasteiger charge is 2.52. The van der Waals surface area contributed by atoms with Crippen LogP contribution in [-0.2, 0) is 9.59 Å². The summed E-state index contributed by atoms with van der Waals surface area (Å²) in [5, 5.41) is 3.81. The molecule has 0 unspecified atom stereocenters. The van der Waals surface area contributed by atoms with Crippen LogP contribution in [0.3, 0.4) is 0 Å². The summed E-state index contributed by atoms with van der Waals surface area (Å²) in [7, 11) is -2.54. The first-order chi connectivity index (χ1) is 14.4. The molecule has 3 aromatic carbocycles. The fourth-order valence-electron chi connectivity index (χ4n) is 3.93. The predicted molar refractivity (Wildman–Crippen MR) is 127 cm³/mol. The van der Waals surface area contributed by atoms with Gasteiger partial charge in [-0.2, -0.15) is 0 Å². The van der Waals surface area contributed by atoms with Gasteiger partial charge >= 0.3 is 0 Å². The molecule has 1 aliphatic carbocycles. The summed E-state index contributed by atoms with van der Waals surface area (Å²) >= 11 is 0. The Hall–Kier alpha value is -3.09. The molecule has 0 aromatic heterocycles. The number of carbonyl (C=O) groups excluding carboxylic acids is 2. The minimum atomic E-state index is -2.54. The molecule has 0 atom stereocenters. The van der Waals surface area contributed by atoms with Crippen LogP contribution >= 0.6 is 7.26 Å². The van der Waals surface area contributed by atoms with E-state index in [4.69, 9.17) is 0 Å². The molecule has 0 amide bonds. The minimum absolute atomic E-state index is 0.0929. The van der Waals surface area contributed by atoms with Gasteiger partial charge in [-0.25, -0.2) is 0 Å². The van der Waals surface area contributed by atoms with Crippen molar-refractivity contribution in [1.82, 2.24) is 0 Å². The highest BCUT2D eigenvalue weighted by atomic mass is 31.2. The van der Waals surface area contributed by atoms with Gasteiger partial charge in [0.2, 0.25) is 5.78 Å². The highest BCUT2D eigenvalue weighted by molar-refractivity contribution is 7.99. The number of hydrogen-bond acceptors (Lipinski definition) is 2. The summed E-state index contributed by atoms with van der Waals surface area (Å²) in [5.74, 6) is -0.232. The Bertz CT molecular complexity index is 1050. The van der Waals surface area contributed by atoms with Crippen molar-refractivity contribution in [1.29, 1.82) is 0 Å². The van der Waals surface area contributed by atoms with Gasteiger partial charge in [-0.1, -0.05) is 53.1 Å². The Balaban J connectivity index is 2.14. The number of aryl methyl sites for hydroxylation is 3. The molecule has 0 fully saturated rings. The summed E-state index contributed by atoms with van der Waals surface area (Å²) in [6, 6.07) is 25.2. The molecule has 0 saturated carbocycles. The molecule has 4 rings (SSSR count). The van der Waals surface area contributed by atoms with Crippen LogP contribution in [0.15, 0.2) is 96.3 Å². The zero-order valence-electron chi connectivity index (χ0n) is 17.4. The lowest BCUT2D eigenvalue weighted by Gasteiger charge is -2.29. The number of benzene rings is 3. The third-order valence-electron chi connectivity index (χ3n) is 5.56. The Morgan fingerprint density at radius 3 is 1.27 bits per heavy atom. The predicted octanol–water partition coefficient (Wildman–Crippen LogP) is 4.50. The first-order valence-corrected chi connectivity index (χ1v) is 11.8. The molecule has 30 heavy (non-hydrogen) atoms. The van der Waals surface area contributed by atoms with E-state index in [1.54, 1.807) is 6.08 Å². The van der Waals surface area contributed by atoms with Crippen molar-refractivity contribution in [3.8, 4) is 0 Å². The first kappa shape index (κ1) is 20.2. The SMILES string of the molecule is Cc1ccc([P+](C2=CC(=O)C=CC2=O)(c2ccc(C)cc2)c2ccc(C)cc2)cc1. The van der Waals surface area contributed by atoms with E-state index < -0.39 is 7.26 Å². The Morgan fingerprint density at radius 1 is 0.533 bits per heavy atom. The molecule has 2 nitrogen and oxygen atoms in total. The second kappa shape index (κ2) is 7.97. The van der Waals surface area contributed by atoms with Crippen molar-refractivity contribution < 1.29 is 9.59 Å². The number of carbonyl (C=O) groups is 2. The standard InChI is InChI=1S/C27H24O2P/c1-19-4-11-23(12-5-19)30(24-13-6-20(2)7-14-24,25-15-8-21(3)9-16-25)27-18-22(28)10-17-26(27)29/h4-18H,1-3H3/q+1. The van der Waals surface area contributed by atoms with Gasteiger partial charge in [-0.3, -0.25) is 9.59 Å². The maximum Gasteiger partial charge on any atom is 0.222 e. The Labute approximate surface area is 178 Å².